The molecule has 19 heavy (non-hydrogen) atoms. The van der Waals surface area contributed by atoms with E-state index >= 15 is 0 Å². The number of piperazine rings is 1. The summed E-state index contributed by atoms with van der Waals surface area (Å²) in [6.07, 6.45) is 5.48. The van der Waals surface area contributed by atoms with Crippen LogP contribution in [0.15, 0.2) is 12.5 Å². The van der Waals surface area contributed by atoms with Crippen LogP contribution in [0.5, 0.6) is 0 Å². The summed E-state index contributed by atoms with van der Waals surface area (Å²) in [6, 6.07) is 0.816. The highest BCUT2D eigenvalue weighted by molar-refractivity contribution is 5.88. The number of rotatable bonds is 4. The minimum Gasteiger partial charge on any atom is -0.478 e. The average molecular weight is 262 g/mol. The lowest BCUT2D eigenvalue weighted by Gasteiger charge is -2.34. The Bertz CT molecular complexity index is 467. The predicted molar refractivity (Wildman–Crippen MR) is 68.9 cm³/mol. The van der Waals surface area contributed by atoms with E-state index in [1.165, 1.54) is 25.4 Å². The Hall–Kier alpha value is -1.53. The maximum atomic E-state index is 11.1. The third-order valence-corrected chi connectivity index (χ3v) is 3.87. The van der Waals surface area contributed by atoms with Crippen LogP contribution in [0, 0.1) is 0 Å². The summed E-state index contributed by atoms with van der Waals surface area (Å²) in [7, 11) is 0. The van der Waals surface area contributed by atoms with Crippen molar-refractivity contribution < 1.29 is 9.90 Å². The monoisotopic (exact) mass is 262 g/mol. The predicted octanol–water partition coefficient (Wildman–Crippen LogP) is 0.455. The molecule has 1 aromatic rings. The first-order valence-electron chi connectivity index (χ1n) is 6.72. The van der Waals surface area contributed by atoms with Gasteiger partial charge >= 0.3 is 5.97 Å². The first kappa shape index (κ1) is 12.5. The number of hydrogen-bond donors (Lipinski definition) is 1. The highest BCUT2D eigenvalue weighted by Gasteiger charge is 2.31. The molecular weight excluding hydrogens is 244 g/mol. The van der Waals surface area contributed by atoms with Crippen molar-refractivity contribution >= 4 is 5.97 Å². The van der Waals surface area contributed by atoms with Crippen LogP contribution in [0.3, 0.4) is 0 Å². The molecule has 6 heteroatoms. The average Bonchev–Trinajstić information content (AvgIpc) is 3.24. The van der Waals surface area contributed by atoms with Crippen molar-refractivity contribution in [1.29, 1.82) is 0 Å². The van der Waals surface area contributed by atoms with E-state index in [1.54, 1.807) is 0 Å². The minimum atomic E-state index is -0.952. The molecule has 0 unspecified atom stereocenters. The Balaban J connectivity index is 1.61. The summed E-state index contributed by atoms with van der Waals surface area (Å²) in [4.78, 5) is 23.8. The normalized spacial score (nSPS) is 21.5. The number of nitrogens with zero attached hydrogens (tertiary/aromatic N) is 4. The van der Waals surface area contributed by atoms with E-state index in [9.17, 15) is 4.79 Å². The molecule has 1 N–H and O–H groups in total. The second kappa shape index (κ2) is 5.22. The van der Waals surface area contributed by atoms with Crippen molar-refractivity contribution in [3.8, 4) is 0 Å². The summed E-state index contributed by atoms with van der Waals surface area (Å²) in [5, 5.41) is 9.11. The van der Waals surface area contributed by atoms with Gasteiger partial charge in [0.15, 0.2) is 0 Å². The van der Waals surface area contributed by atoms with E-state index in [0.29, 0.717) is 12.2 Å². The fourth-order valence-electron chi connectivity index (χ4n) is 2.60. The standard InChI is InChI=1S/C13H18N4O2/c18-13(19)11-7-14-9-15-12(11)8-16-3-5-17(6-4-16)10-1-2-10/h7,9-10H,1-6,8H2,(H,18,19). The molecule has 1 aromatic heterocycles. The van der Waals surface area contributed by atoms with Crippen LogP contribution >= 0.6 is 0 Å². The van der Waals surface area contributed by atoms with Crippen LogP contribution in [0.1, 0.15) is 28.9 Å². The molecule has 6 nitrogen and oxygen atoms in total. The Morgan fingerprint density at radius 1 is 1.32 bits per heavy atom. The van der Waals surface area contributed by atoms with Crippen LogP contribution in [-0.2, 0) is 6.54 Å². The molecule has 0 aromatic carbocycles. The zero-order chi connectivity index (χ0) is 13.2. The van der Waals surface area contributed by atoms with Crippen LogP contribution in [-0.4, -0.2) is 63.1 Å². The van der Waals surface area contributed by atoms with E-state index in [0.717, 1.165) is 32.2 Å². The molecule has 0 bridgehead atoms. The first-order chi connectivity index (χ1) is 9.24. The maximum Gasteiger partial charge on any atom is 0.339 e. The van der Waals surface area contributed by atoms with Crippen molar-refractivity contribution in [2.45, 2.75) is 25.4 Å². The van der Waals surface area contributed by atoms with E-state index in [2.05, 4.69) is 19.8 Å². The maximum absolute atomic E-state index is 11.1. The second-order valence-electron chi connectivity index (χ2n) is 5.23. The molecule has 0 amide bonds. The Morgan fingerprint density at radius 3 is 2.68 bits per heavy atom. The summed E-state index contributed by atoms with van der Waals surface area (Å²) >= 11 is 0. The number of hydrogen-bond acceptors (Lipinski definition) is 5. The number of carboxylic acids is 1. The summed E-state index contributed by atoms with van der Waals surface area (Å²) < 4.78 is 0. The molecule has 1 saturated heterocycles. The summed E-state index contributed by atoms with van der Waals surface area (Å²) in [5.74, 6) is -0.952. The molecule has 3 rings (SSSR count). The van der Waals surface area contributed by atoms with Crippen LogP contribution in [0.4, 0.5) is 0 Å². The number of carboxylic acid groups (broad SMARTS) is 1. The Labute approximate surface area is 112 Å². The van der Waals surface area contributed by atoms with E-state index in [-0.39, 0.29) is 5.56 Å². The smallest absolute Gasteiger partial charge is 0.339 e. The van der Waals surface area contributed by atoms with Gasteiger partial charge in [0, 0.05) is 45.0 Å². The molecule has 102 valence electrons. The molecule has 2 fully saturated rings. The Morgan fingerprint density at radius 2 is 2.05 bits per heavy atom. The van der Waals surface area contributed by atoms with Crippen LogP contribution in [0.25, 0.3) is 0 Å². The lowest BCUT2D eigenvalue weighted by atomic mass is 10.2. The minimum absolute atomic E-state index is 0.215. The first-order valence-corrected chi connectivity index (χ1v) is 6.72. The molecule has 0 spiro atoms. The van der Waals surface area contributed by atoms with Gasteiger partial charge < -0.3 is 5.11 Å². The van der Waals surface area contributed by atoms with Crippen LogP contribution in [0.2, 0.25) is 0 Å². The SMILES string of the molecule is O=C(O)c1cncnc1CN1CCN(C2CC2)CC1. The molecule has 0 atom stereocenters. The Kier molecular flexibility index (Phi) is 3.44. The zero-order valence-corrected chi connectivity index (χ0v) is 10.8. The van der Waals surface area contributed by atoms with Gasteiger partial charge in [0.05, 0.1) is 5.69 Å². The van der Waals surface area contributed by atoms with E-state index in [4.69, 9.17) is 5.11 Å². The molecule has 0 radical (unpaired) electrons. The van der Waals surface area contributed by atoms with Gasteiger partial charge in [-0.3, -0.25) is 9.80 Å². The molecule has 2 aliphatic rings. The van der Waals surface area contributed by atoms with Gasteiger partial charge in [0.1, 0.15) is 11.9 Å². The van der Waals surface area contributed by atoms with Crippen molar-refractivity contribution in [2.24, 2.45) is 0 Å². The molecule has 1 saturated carbocycles. The second-order valence-corrected chi connectivity index (χ2v) is 5.23. The third kappa shape index (κ3) is 2.90. The van der Waals surface area contributed by atoms with Gasteiger partial charge in [-0.25, -0.2) is 14.8 Å². The lowest BCUT2D eigenvalue weighted by Crippen LogP contribution is -2.46. The number of aromatic carboxylic acids is 1. The molecule has 1 aliphatic heterocycles. The highest BCUT2D eigenvalue weighted by Crippen LogP contribution is 2.27. The summed E-state index contributed by atoms with van der Waals surface area (Å²) in [5.41, 5.74) is 0.828. The largest absolute Gasteiger partial charge is 0.478 e. The fraction of sp³-hybridized carbons (Fsp3) is 0.615. The highest BCUT2D eigenvalue weighted by atomic mass is 16.4. The quantitative estimate of drug-likeness (QED) is 0.850. The summed E-state index contributed by atoms with van der Waals surface area (Å²) in [6.45, 7) is 4.73. The van der Waals surface area contributed by atoms with E-state index in [1.807, 2.05) is 0 Å². The molecular formula is C13H18N4O2. The molecule has 2 heterocycles. The number of aromatic nitrogens is 2. The van der Waals surface area contributed by atoms with Crippen molar-refractivity contribution in [2.75, 3.05) is 26.2 Å². The van der Waals surface area contributed by atoms with Gasteiger partial charge in [0.2, 0.25) is 0 Å². The van der Waals surface area contributed by atoms with Crippen LogP contribution < -0.4 is 0 Å². The third-order valence-electron chi connectivity index (χ3n) is 3.87. The van der Waals surface area contributed by atoms with Crippen molar-refractivity contribution in [3.63, 3.8) is 0 Å². The van der Waals surface area contributed by atoms with Gasteiger partial charge in [-0.1, -0.05) is 0 Å². The van der Waals surface area contributed by atoms with Gasteiger partial charge in [-0.15, -0.1) is 0 Å². The number of carbonyl (C=O) groups is 1. The zero-order valence-electron chi connectivity index (χ0n) is 10.8. The van der Waals surface area contributed by atoms with Crippen molar-refractivity contribution in [1.82, 2.24) is 19.8 Å². The van der Waals surface area contributed by atoms with Gasteiger partial charge in [-0.2, -0.15) is 0 Å². The lowest BCUT2D eigenvalue weighted by molar-refractivity contribution is 0.0691. The topological polar surface area (TPSA) is 69.6 Å². The molecule has 1 aliphatic carbocycles. The van der Waals surface area contributed by atoms with E-state index < -0.39 is 5.97 Å². The fourth-order valence-corrected chi connectivity index (χ4v) is 2.60. The van der Waals surface area contributed by atoms with Crippen molar-refractivity contribution in [3.05, 3.63) is 23.8 Å². The van der Waals surface area contributed by atoms with Gasteiger partial charge in [0.25, 0.3) is 0 Å². The van der Waals surface area contributed by atoms with Gasteiger partial charge in [-0.05, 0) is 12.8 Å².